The molecule has 0 saturated carbocycles. The Bertz CT molecular complexity index is 1080. The van der Waals surface area contributed by atoms with E-state index in [1.54, 1.807) is 13.1 Å². The molecule has 0 bridgehead atoms. The molecule has 0 saturated heterocycles. The highest BCUT2D eigenvalue weighted by Crippen LogP contribution is 2.29. The standard InChI is InChI=1S/C22H22N2O3S/c1-3-28(26,27)20-13-14-22(25)21(15-20)23-16-17-9-11-19(12-10-17)24(2)18-7-5-4-6-8-18/h4-16,25H,3H2,1-2H3. The van der Waals surface area contributed by atoms with Crippen molar-refractivity contribution < 1.29 is 13.5 Å². The second-order valence-corrected chi connectivity index (χ2v) is 8.58. The quantitative estimate of drug-likeness (QED) is 0.615. The average Bonchev–Trinajstić information content (AvgIpc) is 2.73. The second kappa shape index (κ2) is 8.27. The molecule has 0 amide bonds. The third kappa shape index (κ3) is 4.40. The lowest BCUT2D eigenvalue weighted by Gasteiger charge is -2.19. The van der Waals surface area contributed by atoms with E-state index in [-0.39, 0.29) is 22.1 Å². The summed E-state index contributed by atoms with van der Waals surface area (Å²) in [5, 5.41) is 9.98. The van der Waals surface area contributed by atoms with Gasteiger partial charge in [0.25, 0.3) is 0 Å². The van der Waals surface area contributed by atoms with Gasteiger partial charge in [0.15, 0.2) is 9.84 Å². The first kappa shape index (κ1) is 19.6. The first-order chi connectivity index (χ1) is 13.4. The van der Waals surface area contributed by atoms with Crippen LogP contribution in [0.1, 0.15) is 12.5 Å². The first-order valence-electron chi connectivity index (χ1n) is 8.89. The molecule has 0 fully saturated rings. The van der Waals surface area contributed by atoms with Crippen LogP contribution in [0.2, 0.25) is 0 Å². The molecule has 0 heterocycles. The zero-order chi connectivity index (χ0) is 20.1. The molecule has 5 nitrogen and oxygen atoms in total. The Morgan fingerprint density at radius 2 is 1.61 bits per heavy atom. The number of hydrogen-bond acceptors (Lipinski definition) is 5. The number of nitrogens with zero attached hydrogens (tertiary/aromatic N) is 2. The Kier molecular flexibility index (Phi) is 5.80. The molecule has 144 valence electrons. The molecule has 0 aromatic heterocycles. The lowest BCUT2D eigenvalue weighted by molar-refractivity contribution is 0.476. The van der Waals surface area contributed by atoms with Crippen molar-refractivity contribution in [1.82, 2.24) is 0 Å². The Labute approximate surface area is 165 Å². The minimum Gasteiger partial charge on any atom is -0.506 e. The van der Waals surface area contributed by atoms with Gasteiger partial charge in [0, 0.05) is 24.6 Å². The van der Waals surface area contributed by atoms with E-state index in [2.05, 4.69) is 9.89 Å². The zero-order valence-corrected chi connectivity index (χ0v) is 16.6. The van der Waals surface area contributed by atoms with Gasteiger partial charge < -0.3 is 10.0 Å². The summed E-state index contributed by atoms with van der Waals surface area (Å²) in [7, 11) is -1.36. The molecule has 6 heteroatoms. The predicted octanol–water partition coefficient (Wildman–Crippen LogP) is 4.70. The summed E-state index contributed by atoms with van der Waals surface area (Å²) < 4.78 is 24.0. The zero-order valence-electron chi connectivity index (χ0n) is 15.8. The Morgan fingerprint density at radius 3 is 2.25 bits per heavy atom. The second-order valence-electron chi connectivity index (χ2n) is 6.30. The van der Waals surface area contributed by atoms with Crippen molar-refractivity contribution >= 4 is 33.1 Å². The van der Waals surface area contributed by atoms with Gasteiger partial charge in [-0.05, 0) is 48.0 Å². The van der Waals surface area contributed by atoms with Crippen LogP contribution in [-0.4, -0.2) is 32.5 Å². The van der Waals surface area contributed by atoms with Gasteiger partial charge in [-0.25, -0.2) is 8.42 Å². The predicted molar refractivity (Wildman–Crippen MR) is 114 cm³/mol. The number of phenolic OH excluding ortho intramolecular Hbond substituents is 1. The van der Waals surface area contributed by atoms with E-state index >= 15 is 0 Å². The molecule has 3 aromatic carbocycles. The third-order valence-corrected chi connectivity index (χ3v) is 6.19. The van der Waals surface area contributed by atoms with Crippen molar-refractivity contribution in [2.24, 2.45) is 4.99 Å². The van der Waals surface area contributed by atoms with E-state index in [4.69, 9.17) is 0 Å². The summed E-state index contributed by atoms with van der Waals surface area (Å²) in [6.45, 7) is 1.58. The molecule has 0 spiro atoms. The van der Waals surface area contributed by atoms with Crippen molar-refractivity contribution in [2.45, 2.75) is 11.8 Å². The monoisotopic (exact) mass is 394 g/mol. The highest BCUT2D eigenvalue weighted by Gasteiger charge is 2.13. The maximum atomic E-state index is 12.0. The van der Waals surface area contributed by atoms with Crippen molar-refractivity contribution in [2.75, 3.05) is 17.7 Å². The normalized spacial score (nSPS) is 11.6. The first-order valence-corrected chi connectivity index (χ1v) is 10.5. The molecule has 3 rings (SSSR count). The number of phenols is 1. The molecular weight excluding hydrogens is 372 g/mol. The smallest absolute Gasteiger partial charge is 0.178 e. The maximum absolute atomic E-state index is 12.0. The van der Waals surface area contributed by atoms with Crippen LogP contribution < -0.4 is 4.90 Å². The van der Waals surface area contributed by atoms with Crippen molar-refractivity contribution in [3.8, 4) is 5.75 Å². The van der Waals surface area contributed by atoms with Crippen LogP contribution in [0, 0.1) is 0 Å². The Morgan fingerprint density at radius 1 is 0.964 bits per heavy atom. The molecular formula is C22H22N2O3S. The fraction of sp³-hybridized carbons (Fsp3) is 0.136. The molecule has 1 N–H and O–H groups in total. The van der Waals surface area contributed by atoms with Gasteiger partial charge in [-0.15, -0.1) is 0 Å². The van der Waals surface area contributed by atoms with Gasteiger partial charge in [0.05, 0.1) is 10.6 Å². The summed E-state index contributed by atoms with van der Waals surface area (Å²) in [5.41, 5.74) is 3.18. The summed E-state index contributed by atoms with van der Waals surface area (Å²) in [4.78, 5) is 6.49. The van der Waals surface area contributed by atoms with Crippen LogP contribution in [0.15, 0.2) is 82.7 Å². The van der Waals surface area contributed by atoms with E-state index in [9.17, 15) is 13.5 Å². The highest BCUT2D eigenvalue weighted by atomic mass is 32.2. The minimum atomic E-state index is -3.35. The van der Waals surface area contributed by atoms with Gasteiger partial charge in [-0.2, -0.15) is 0 Å². The summed E-state index contributed by atoms with van der Waals surface area (Å²) in [6.07, 6.45) is 1.60. The van der Waals surface area contributed by atoms with Crippen LogP contribution in [0.3, 0.4) is 0 Å². The number of para-hydroxylation sites is 1. The molecule has 3 aromatic rings. The van der Waals surface area contributed by atoms with Crippen LogP contribution in [0.5, 0.6) is 5.75 Å². The van der Waals surface area contributed by atoms with Crippen molar-refractivity contribution in [3.63, 3.8) is 0 Å². The van der Waals surface area contributed by atoms with Gasteiger partial charge in [0.2, 0.25) is 0 Å². The number of benzene rings is 3. The highest BCUT2D eigenvalue weighted by molar-refractivity contribution is 7.91. The molecule has 0 atom stereocenters. The summed E-state index contributed by atoms with van der Waals surface area (Å²) >= 11 is 0. The largest absolute Gasteiger partial charge is 0.506 e. The molecule has 0 aliphatic carbocycles. The SMILES string of the molecule is CCS(=O)(=O)c1ccc(O)c(N=Cc2ccc(N(C)c3ccccc3)cc2)c1. The number of hydrogen-bond donors (Lipinski definition) is 1. The van der Waals surface area contributed by atoms with Crippen LogP contribution >= 0.6 is 0 Å². The number of aromatic hydroxyl groups is 1. The molecule has 28 heavy (non-hydrogen) atoms. The molecule has 0 unspecified atom stereocenters. The Balaban J connectivity index is 1.81. The average molecular weight is 394 g/mol. The minimum absolute atomic E-state index is 0.00266. The Hall–Kier alpha value is -3.12. The molecule has 0 radical (unpaired) electrons. The van der Waals surface area contributed by atoms with E-state index in [0.717, 1.165) is 16.9 Å². The maximum Gasteiger partial charge on any atom is 0.178 e. The number of anilines is 2. The van der Waals surface area contributed by atoms with E-state index < -0.39 is 9.84 Å². The molecule has 0 aliphatic rings. The lowest BCUT2D eigenvalue weighted by Crippen LogP contribution is -2.08. The van der Waals surface area contributed by atoms with Gasteiger partial charge >= 0.3 is 0 Å². The summed E-state index contributed by atoms with van der Waals surface area (Å²) in [6, 6.07) is 22.0. The van der Waals surface area contributed by atoms with E-state index in [0.29, 0.717) is 0 Å². The molecule has 0 aliphatic heterocycles. The number of aliphatic imine (C=N–C) groups is 1. The van der Waals surface area contributed by atoms with Gasteiger partial charge in [-0.3, -0.25) is 4.99 Å². The van der Waals surface area contributed by atoms with E-state index in [1.807, 2.05) is 61.6 Å². The topological polar surface area (TPSA) is 70.0 Å². The van der Waals surface area contributed by atoms with E-state index in [1.165, 1.54) is 18.2 Å². The van der Waals surface area contributed by atoms with Crippen LogP contribution in [0.25, 0.3) is 0 Å². The summed E-state index contributed by atoms with van der Waals surface area (Å²) in [5.74, 6) is -0.0659. The van der Waals surface area contributed by atoms with Crippen LogP contribution in [0.4, 0.5) is 17.1 Å². The number of sulfone groups is 1. The van der Waals surface area contributed by atoms with Crippen LogP contribution in [-0.2, 0) is 9.84 Å². The fourth-order valence-corrected chi connectivity index (χ4v) is 3.60. The van der Waals surface area contributed by atoms with Crippen molar-refractivity contribution in [1.29, 1.82) is 0 Å². The van der Waals surface area contributed by atoms with Crippen molar-refractivity contribution in [3.05, 3.63) is 78.4 Å². The fourth-order valence-electron chi connectivity index (χ4n) is 2.70. The van der Waals surface area contributed by atoms with Gasteiger partial charge in [-0.1, -0.05) is 37.3 Å². The number of rotatable bonds is 6. The lowest BCUT2D eigenvalue weighted by atomic mass is 10.2. The van der Waals surface area contributed by atoms with Gasteiger partial charge in [0.1, 0.15) is 11.4 Å². The third-order valence-electron chi connectivity index (χ3n) is 4.46.